The molecule has 0 aliphatic carbocycles. The molecule has 1 N–H and O–H groups in total. The predicted molar refractivity (Wildman–Crippen MR) is 79.2 cm³/mol. The fourth-order valence-electron chi connectivity index (χ4n) is 1.72. The lowest BCUT2D eigenvalue weighted by atomic mass is 10.0. The van der Waals surface area contributed by atoms with E-state index in [4.69, 9.17) is 16.3 Å². The first-order chi connectivity index (χ1) is 8.67. The van der Waals surface area contributed by atoms with Gasteiger partial charge in [-0.2, -0.15) is 0 Å². The van der Waals surface area contributed by atoms with E-state index < -0.39 is 0 Å². The molecule has 18 heavy (non-hydrogen) atoms. The highest BCUT2D eigenvalue weighted by Crippen LogP contribution is 2.18. The number of methoxy groups -OCH3 is 1. The number of aryl methyl sites for hydroxylation is 1. The van der Waals surface area contributed by atoms with Gasteiger partial charge in [0.1, 0.15) is 0 Å². The van der Waals surface area contributed by atoms with E-state index in [1.54, 1.807) is 7.11 Å². The van der Waals surface area contributed by atoms with Crippen molar-refractivity contribution in [3.8, 4) is 0 Å². The molecule has 1 rings (SSSR count). The van der Waals surface area contributed by atoms with Gasteiger partial charge in [-0.25, -0.2) is 0 Å². The van der Waals surface area contributed by atoms with Crippen LogP contribution in [0.3, 0.4) is 0 Å². The third-order valence-electron chi connectivity index (χ3n) is 2.88. The average molecular weight is 268 g/mol. The van der Waals surface area contributed by atoms with E-state index in [-0.39, 0.29) is 0 Å². The van der Waals surface area contributed by atoms with Gasteiger partial charge in [0, 0.05) is 25.2 Å². The third kappa shape index (κ3) is 5.21. The Labute approximate surface area is 115 Å². The molecule has 0 spiro atoms. The Morgan fingerprint density at radius 3 is 2.83 bits per heavy atom. The zero-order valence-electron chi connectivity index (χ0n) is 11.4. The van der Waals surface area contributed by atoms with Crippen molar-refractivity contribution in [3.05, 3.63) is 39.9 Å². The first-order valence-electron chi connectivity index (χ1n) is 6.32. The van der Waals surface area contributed by atoms with Crippen LogP contribution in [0.4, 0.5) is 0 Å². The Bertz CT molecular complexity index is 401. The van der Waals surface area contributed by atoms with Crippen LogP contribution in [0.15, 0.2) is 23.8 Å². The molecular formula is C15H22ClNO. The lowest BCUT2D eigenvalue weighted by molar-refractivity contribution is 0.200. The molecule has 0 unspecified atom stereocenters. The van der Waals surface area contributed by atoms with E-state index in [2.05, 4.69) is 31.3 Å². The summed E-state index contributed by atoms with van der Waals surface area (Å²) in [7, 11) is 1.72. The van der Waals surface area contributed by atoms with E-state index in [1.807, 2.05) is 12.1 Å². The van der Waals surface area contributed by atoms with Gasteiger partial charge in [0.2, 0.25) is 0 Å². The quantitative estimate of drug-likeness (QED) is 0.761. The number of benzene rings is 1. The van der Waals surface area contributed by atoms with Crippen LogP contribution >= 0.6 is 11.6 Å². The Morgan fingerprint density at radius 2 is 2.22 bits per heavy atom. The zero-order valence-corrected chi connectivity index (χ0v) is 12.2. The minimum absolute atomic E-state index is 0.747. The lowest BCUT2D eigenvalue weighted by Gasteiger charge is -2.08. The maximum atomic E-state index is 5.96. The Balaban J connectivity index is 2.65. The number of ether oxygens (including phenoxy) is 1. The maximum Gasteiger partial charge on any atom is 0.0587 e. The summed E-state index contributed by atoms with van der Waals surface area (Å²) in [6.07, 6.45) is 3.29. The molecule has 3 heteroatoms. The highest BCUT2D eigenvalue weighted by Gasteiger charge is 1.99. The molecule has 0 saturated heterocycles. The van der Waals surface area contributed by atoms with E-state index in [1.165, 1.54) is 16.7 Å². The zero-order chi connectivity index (χ0) is 13.4. The van der Waals surface area contributed by atoms with Gasteiger partial charge in [0.15, 0.2) is 0 Å². The minimum Gasteiger partial charge on any atom is -0.383 e. The predicted octanol–water partition coefficient (Wildman–Crippen LogP) is 3.68. The maximum absolute atomic E-state index is 5.96. The Morgan fingerprint density at radius 1 is 1.44 bits per heavy atom. The number of hydrogen-bond donors (Lipinski definition) is 1. The summed E-state index contributed by atoms with van der Waals surface area (Å²) in [6.45, 7) is 6.80. The third-order valence-corrected chi connectivity index (χ3v) is 3.12. The molecule has 0 amide bonds. The van der Waals surface area contributed by atoms with Crippen LogP contribution in [0.5, 0.6) is 0 Å². The summed E-state index contributed by atoms with van der Waals surface area (Å²) in [5, 5.41) is 4.16. The number of halogens is 1. The fraction of sp³-hybridized carbons (Fsp3) is 0.467. The van der Waals surface area contributed by atoms with Gasteiger partial charge in [0.25, 0.3) is 0 Å². The lowest BCUT2D eigenvalue weighted by Crippen LogP contribution is -2.21. The number of hydrogen-bond acceptors (Lipinski definition) is 2. The van der Waals surface area contributed by atoms with E-state index >= 15 is 0 Å². The average Bonchev–Trinajstić information content (AvgIpc) is 2.35. The second-order valence-corrected chi connectivity index (χ2v) is 4.76. The molecule has 0 aliphatic rings. The van der Waals surface area contributed by atoms with Gasteiger partial charge in [-0.3, -0.25) is 0 Å². The summed E-state index contributed by atoms with van der Waals surface area (Å²) < 4.78 is 5.01. The fourth-order valence-corrected chi connectivity index (χ4v) is 1.95. The van der Waals surface area contributed by atoms with E-state index in [0.29, 0.717) is 0 Å². The van der Waals surface area contributed by atoms with Crippen LogP contribution in [-0.2, 0) is 4.74 Å². The van der Waals surface area contributed by atoms with Crippen molar-refractivity contribution < 1.29 is 4.74 Å². The van der Waals surface area contributed by atoms with Gasteiger partial charge in [-0.15, -0.1) is 0 Å². The summed E-state index contributed by atoms with van der Waals surface area (Å²) >= 11 is 5.96. The first-order valence-corrected chi connectivity index (χ1v) is 6.70. The monoisotopic (exact) mass is 267 g/mol. The van der Waals surface area contributed by atoms with Crippen LogP contribution in [0, 0.1) is 6.92 Å². The topological polar surface area (TPSA) is 21.3 Å². The summed E-state index contributed by atoms with van der Waals surface area (Å²) in [4.78, 5) is 0. The molecule has 0 fully saturated rings. The van der Waals surface area contributed by atoms with E-state index in [0.717, 1.165) is 31.1 Å². The Hall–Kier alpha value is -0.830. The smallest absolute Gasteiger partial charge is 0.0587 e. The van der Waals surface area contributed by atoms with Crippen LogP contribution in [-0.4, -0.2) is 26.8 Å². The number of rotatable bonds is 7. The standard InChI is InChI=1S/C15H22ClNO/c1-4-13(11-17-7-8-18-3)10-14-5-6-15(16)9-12(14)2/h5-6,9-10,17H,4,7-8,11H2,1-3H3/b13-10-. The Kier molecular flexibility index (Phi) is 7.02. The van der Waals surface area contributed by atoms with Crippen molar-refractivity contribution >= 4 is 17.7 Å². The van der Waals surface area contributed by atoms with Crippen molar-refractivity contribution in [2.24, 2.45) is 0 Å². The normalized spacial score (nSPS) is 11.9. The molecule has 100 valence electrons. The summed E-state index contributed by atoms with van der Waals surface area (Å²) in [6, 6.07) is 6.01. The minimum atomic E-state index is 0.747. The van der Waals surface area contributed by atoms with Gasteiger partial charge in [0.05, 0.1) is 6.61 Å². The summed E-state index contributed by atoms with van der Waals surface area (Å²) in [5.41, 5.74) is 3.84. The molecule has 0 bridgehead atoms. The van der Waals surface area contributed by atoms with Crippen LogP contribution in [0.2, 0.25) is 5.02 Å². The van der Waals surface area contributed by atoms with Crippen molar-refractivity contribution in [3.63, 3.8) is 0 Å². The molecule has 0 atom stereocenters. The molecule has 0 radical (unpaired) electrons. The molecule has 2 nitrogen and oxygen atoms in total. The molecule has 0 aliphatic heterocycles. The van der Waals surface area contributed by atoms with Crippen molar-refractivity contribution in [1.82, 2.24) is 5.32 Å². The van der Waals surface area contributed by atoms with Gasteiger partial charge < -0.3 is 10.1 Å². The number of nitrogens with one attached hydrogen (secondary N) is 1. The first kappa shape index (κ1) is 15.2. The van der Waals surface area contributed by atoms with Crippen LogP contribution in [0.25, 0.3) is 6.08 Å². The van der Waals surface area contributed by atoms with Gasteiger partial charge in [-0.1, -0.05) is 36.2 Å². The highest BCUT2D eigenvalue weighted by atomic mass is 35.5. The van der Waals surface area contributed by atoms with Crippen molar-refractivity contribution in [2.75, 3.05) is 26.8 Å². The van der Waals surface area contributed by atoms with Gasteiger partial charge >= 0.3 is 0 Å². The molecular weight excluding hydrogens is 246 g/mol. The molecule has 0 aromatic heterocycles. The second-order valence-electron chi connectivity index (χ2n) is 4.33. The molecule has 1 aromatic carbocycles. The van der Waals surface area contributed by atoms with Crippen molar-refractivity contribution in [1.29, 1.82) is 0 Å². The molecule has 1 aromatic rings. The second kappa shape index (κ2) is 8.30. The van der Waals surface area contributed by atoms with Gasteiger partial charge in [-0.05, 0) is 36.6 Å². The SMILES string of the molecule is CC/C(=C/c1ccc(Cl)cc1C)CNCCOC. The summed E-state index contributed by atoms with van der Waals surface area (Å²) in [5.74, 6) is 0. The molecule has 0 saturated carbocycles. The highest BCUT2D eigenvalue weighted by molar-refractivity contribution is 6.30. The van der Waals surface area contributed by atoms with Crippen molar-refractivity contribution in [2.45, 2.75) is 20.3 Å². The van der Waals surface area contributed by atoms with Crippen LogP contribution < -0.4 is 5.32 Å². The largest absolute Gasteiger partial charge is 0.383 e. The van der Waals surface area contributed by atoms with E-state index in [9.17, 15) is 0 Å². The van der Waals surface area contributed by atoms with Crippen LogP contribution in [0.1, 0.15) is 24.5 Å². The molecule has 0 heterocycles.